The summed E-state index contributed by atoms with van der Waals surface area (Å²) in [5, 5.41) is 24.8. The van der Waals surface area contributed by atoms with E-state index in [2.05, 4.69) is 16.0 Å². The molecule has 0 fully saturated rings. The molecule has 0 aromatic heterocycles. The normalized spacial score (nSPS) is 14.5. The van der Waals surface area contributed by atoms with Crippen molar-refractivity contribution < 1.29 is 39.0 Å². The highest BCUT2D eigenvalue weighted by molar-refractivity contribution is 5.96. The molecule has 9 N–H and O–H groups in total. The molecule has 13 nitrogen and oxygen atoms in total. The summed E-state index contributed by atoms with van der Waals surface area (Å²) in [6, 6.07) is -4.14. The zero-order valence-corrected chi connectivity index (χ0v) is 16.8. The largest absolute Gasteiger partial charge is 0.481 e. The van der Waals surface area contributed by atoms with E-state index >= 15 is 0 Å². The molecule has 0 saturated carbocycles. The number of carbonyl (C=O) groups is 6. The topological polar surface area (TPSA) is 231 Å². The van der Waals surface area contributed by atoms with Gasteiger partial charge in [-0.1, -0.05) is 20.3 Å². The van der Waals surface area contributed by atoms with E-state index in [0.29, 0.717) is 6.42 Å². The molecular formula is C17H29N5O8. The number of nitrogens with one attached hydrogen (secondary N) is 3. The third kappa shape index (κ3) is 9.82. The van der Waals surface area contributed by atoms with Gasteiger partial charge in [-0.3, -0.25) is 24.0 Å². The molecule has 0 spiro atoms. The molecule has 4 unspecified atom stereocenters. The molecule has 170 valence electrons. The van der Waals surface area contributed by atoms with E-state index in [0.717, 1.165) is 0 Å². The van der Waals surface area contributed by atoms with E-state index in [4.69, 9.17) is 16.6 Å². The zero-order chi connectivity index (χ0) is 23.4. The predicted molar refractivity (Wildman–Crippen MR) is 103 cm³/mol. The van der Waals surface area contributed by atoms with Crippen LogP contribution in [0.5, 0.6) is 0 Å². The Morgan fingerprint density at radius 1 is 0.933 bits per heavy atom. The molecule has 0 bridgehead atoms. The Morgan fingerprint density at radius 3 is 1.93 bits per heavy atom. The van der Waals surface area contributed by atoms with Gasteiger partial charge < -0.3 is 37.6 Å². The average molecular weight is 431 g/mol. The standard InChI is InChI=1S/C17H29N5O8/c1-3-8(2)14(17(29)30)22-16(28)10(6-11(19)23)21-15(27)9(4-5-13(25)26)20-12(24)7-18/h8-10,14H,3-7,18H2,1-2H3,(H2,19,23)(H,20,24)(H,21,27)(H,22,28)(H,25,26)(H,29,30). The van der Waals surface area contributed by atoms with Crippen molar-refractivity contribution in [1.82, 2.24) is 16.0 Å². The summed E-state index contributed by atoms with van der Waals surface area (Å²) in [5.41, 5.74) is 10.3. The smallest absolute Gasteiger partial charge is 0.326 e. The fraction of sp³-hybridized carbons (Fsp3) is 0.647. The first-order valence-electron chi connectivity index (χ1n) is 9.25. The number of nitrogens with two attached hydrogens (primary N) is 2. The lowest BCUT2D eigenvalue weighted by molar-refractivity contribution is -0.144. The van der Waals surface area contributed by atoms with Gasteiger partial charge in [0, 0.05) is 6.42 Å². The molecule has 13 heteroatoms. The van der Waals surface area contributed by atoms with Crippen molar-refractivity contribution in [2.75, 3.05) is 6.54 Å². The molecule has 0 aliphatic heterocycles. The van der Waals surface area contributed by atoms with Crippen LogP contribution in [-0.4, -0.2) is 70.5 Å². The number of aliphatic carboxylic acids is 2. The first-order valence-corrected chi connectivity index (χ1v) is 9.25. The van der Waals surface area contributed by atoms with Gasteiger partial charge in [-0.2, -0.15) is 0 Å². The van der Waals surface area contributed by atoms with Crippen LogP contribution in [-0.2, 0) is 28.8 Å². The molecule has 0 radical (unpaired) electrons. The van der Waals surface area contributed by atoms with Gasteiger partial charge in [-0.05, 0) is 12.3 Å². The fourth-order valence-corrected chi connectivity index (χ4v) is 2.41. The Bertz CT molecular complexity index is 669. The van der Waals surface area contributed by atoms with Crippen molar-refractivity contribution >= 4 is 35.6 Å². The molecule has 4 atom stereocenters. The van der Waals surface area contributed by atoms with Gasteiger partial charge in [0.2, 0.25) is 23.6 Å². The summed E-state index contributed by atoms with van der Waals surface area (Å²) in [7, 11) is 0. The van der Waals surface area contributed by atoms with Crippen LogP contribution in [0.25, 0.3) is 0 Å². The van der Waals surface area contributed by atoms with Crippen LogP contribution in [0.15, 0.2) is 0 Å². The Hall–Kier alpha value is -3.22. The molecule has 0 saturated heterocycles. The van der Waals surface area contributed by atoms with Crippen molar-refractivity contribution in [3.8, 4) is 0 Å². The Kier molecular flexibility index (Phi) is 11.7. The van der Waals surface area contributed by atoms with Crippen molar-refractivity contribution in [1.29, 1.82) is 0 Å². The molecular weight excluding hydrogens is 402 g/mol. The minimum absolute atomic E-state index is 0.303. The summed E-state index contributed by atoms with van der Waals surface area (Å²) in [4.78, 5) is 70.1. The number of hydrogen-bond acceptors (Lipinski definition) is 7. The van der Waals surface area contributed by atoms with E-state index in [9.17, 15) is 33.9 Å². The second-order valence-electron chi connectivity index (χ2n) is 6.70. The number of hydrogen-bond donors (Lipinski definition) is 7. The van der Waals surface area contributed by atoms with E-state index in [1.807, 2.05) is 0 Å². The van der Waals surface area contributed by atoms with E-state index in [1.165, 1.54) is 0 Å². The third-order valence-electron chi connectivity index (χ3n) is 4.30. The highest BCUT2D eigenvalue weighted by atomic mass is 16.4. The Morgan fingerprint density at radius 2 is 1.50 bits per heavy atom. The number of carboxylic acids is 2. The van der Waals surface area contributed by atoms with Gasteiger partial charge in [-0.25, -0.2) is 4.79 Å². The van der Waals surface area contributed by atoms with Gasteiger partial charge in [0.15, 0.2) is 0 Å². The number of primary amides is 1. The Labute approximate surface area is 172 Å². The van der Waals surface area contributed by atoms with Crippen LogP contribution in [0.4, 0.5) is 0 Å². The summed E-state index contributed by atoms with van der Waals surface area (Å²) in [6.07, 6.45) is -0.972. The molecule has 30 heavy (non-hydrogen) atoms. The first kappa shape index (κ1) is 26.8. The van der Waals surface area contributed by atoms with Crippen LogP contribution in [0, 0.1) is 5.92 Å². The molecule has 0 aliphatic rings. The average Bonchev–Trinajstić information content (AvgIpc) is 2.66. The van der Waals surface area contributed by atoms with Crippen LogP contribution < -0.4 is 27.4 Å². The molecule has 4 amide bonds. The highest BCUT2D eigenvalue weighted by Gasteiger charge is 2.32. The van der Waals surface area contributed by atoms with Crippen molar-refractivity contribution in [3.05, 3.63) is 0 Å². The van der Waals surface area contributed by atoms with Gasteiger partial charge in [-0.15, -0.1) is 0 Å². The Balaban J connectivity index is 5.47. The van der Waals surface area contributed by atoms with Gasteiger partial charge in [0.25, 0.3) is 0 Å². The summed E-state index contributed by atoms with van der Waals surface area (Å²) in [5.74, 6) is -6.55. The maximum atomic E-state index is 12.5. The highest BCUT2D eigenvalue weighted by Crippen LogP contribution is 2.09. The lowest BCUT2D eigenvalue weighted by Crippen LogP contribution is -2.57. The summed E-state index contributed by atoms with van der Waals surface area (Å²) in [6.45, 7) is 2.87. The summed E-state index contributed by atoms with van der Waals surface area (Å²) >= 11 is 0. The molecule has 0 heterocycles. The second kappa shape index (κ2) is 13.1. The maximum absolute atomic E-state index is 12.5. The lowest BCUT2D eigenvalue weighted by Gasteiger charge is -2.25. The molecule has 0 aromatic carbocycles. The van der Waals surface area contributed by atoms with Gasteiger partial charge >= 0.3 is 11.9 Å². The number of carbonyl (C=O) groups excluding carboxylic acids is 4. The number of amides is 4. The molecule has 0 rings (SSSR count). The van der Waals surface area contributed by atoms with E-state index < -0.39 is 79.0 Å². The predicted octanol–water partition coefficient (Wildman–Crippen LogP) is -2.73. The van der Waals surface area contributed by atoms with Gasteiger partial charge in [0.05, 0.1) is 13.0 Å². The van der Waals surface area contributed by atoms with Crippen LogP contribution in [0.3, 0.4) is 0 Å². The monoisotopic (exact) mass is 431 g/mol. The van der Waals surface area contributed by atoms with E-state index in [-0.39, 0.29) is 6.42 Å². The molecule has 0 aliphatic carbocycles. The fourth-order valence-electron chi connectivity index (χ4n) is 2.41. The minimum Gasteiger partial charge on any atom is -0.481 e. The lowest BCUT2D eigenvalue weighted by atomic mass is 9.98. The van der Waals surface area contributed by atoms with Crippen molar-refractivity contribution in [3.63, 3.8) is 0 Å². The van der Waals surface area contributed by atoms with Crippen LogP contribution in [0.2, 0.25) is 0 Å². The number of carboxylic acid groups (broad SMARTS) is 2. The van der Waals surface area contributed by atoms with Crippen molar-refractivity contribution in [2.24, 2.45) is 17.4 Å². The summed E-state index contributed by atoms with van der Waals surface area (Å²) < 4.78 is 0. The zero-order valence-electron chi connectivity index (χ0n) is 16.8. The van der Waals surface area contributed by atoms with E-state index in [1.54, 1.807) is 13.8 Å². The first-order chi connectivity index (χ1) is 13.9. The second-order valence-corrected chi connectivity index (χ2v) is 6.70. The van der Waals surface area contributed by atoms with Crippen molar-refractivity contribution in [2.45, 2.75) is 57.7 Å². The quantitative estimate of drug-likeness (QED) is 0.151. The molecule has 0 aromatic rings. The van der Waals surface area contributed by atoms with Crippen LogP contribution >= 0.6 is 0 Å². The number of rotatable bonds is 14. The van der Waals surface area contributed by atoms with Crippen LogP contribution in [0.1, 0.15) is 39.5 Å². The third-order valence-corrected chi connectivity index (χ3v) is 4.30. The maximum Gasteiger partial charge on any atom is 0.326 e. The van der Waals surface area contributed by atoms with Gasteiger partial charge in [0.1, 0.15) is 18.1 Å². The SMILES string of the molecule is CCC(C)C(NC(=O)C(CC(N)=O)NC(=O)C(CCC(=O)O)NC(=O)CN)C(=O)O. The minimum atomic E-state index is -1.52.